The van der Waals surface area contributed by atoms with Crippen LogP contribution in [0.25, 0.3) is 0 Å². The Morgan fingerprint density at radius 3 is 2.81 bits per heavy atom. The lowest BCUT2D eigenvalue weighted by atomic mass is 10.2. The van der Waals surface area contributed by atoms with E-state index in [9.17, 15) is 4.79 Å². The van der Waals surface area contributed by atoms with E-state index in [4.69, 9.17) is 10.8 Å². The highest BCUT2D eigenvalue weighted by Gasteiger charge is 2.12. The van der Waals surface area contributed by atoms with Crippen LogP contribution in [-0.2, 0) is 0 Å². The Morgan fingerprint density at radius 2 is 2.31 bits per heavy atom. The van der Waals surface area contributed by atoms with Crippen LogP contribution in [0.2, 0.25) is 0 Å². The maximum atomic E-state index is 11.8. The van der Waals surface area contributed by atoms with Gasteiger partial charge in [0.25, 0.3) is 5.91 Å². The lowest BCUT2D eigenvalue weighted by Gasteiger charge is -2.17. The molecule has 0 aliphatic heterocycles. The Morgan fingerprint density at radius 1 is 1.62 bits per heavy atom. The van der Waals surface area contributed by atoms with Gasteiger partial charge in [0, 0.05) is 13.6 Å². The number of aromatic nitrogens is 1. The second kappa shape index (κ2) is 5.46. The number of carbonyl (C=O) groups excluding carboxylic acids is 1. The summed E-state index contributed by atoms with van der Waals surface area (Å²) in [6.45, 7) is 2.20. The van der Waals surface area contributed by atoms with E-state index in [1.165, 1.54) is 11.1 Å². The van der Waals surface area contributed by atoms with E-state index in [0.717, 1.165) is 0 Å². The van der Waals surface area contributed by atoms with Crippen molar-refractivity contribution in [3.63, 3.8) is 0 Å². The summed E-state index contributed by atoms with van der Waals surface area (Å²) in [5, 5.41) is 9.12. The summed E-state index contributed by atoms with van der Waals surface area (Å²) in [6, 6.07) is 3.24. The third-order valence-corrected chi connectivity index (χ3v) is 2.23. The Kier molecular flexibility index (Phi) is 4.25. The minimum Gasteiger partial charge on any atom is -0.397 e. The number of nitrogen functional groups attached to an aromatic ring is 1. The molecular formula is C11H17N3O2. The van der Waals surface area contributed by atoms with Gasteiger partial charge in [-0.15, -0.1) is 0 Å². The van der Waals surface area contributed by atoms with E-state index < -0.39 is 6.10 Å². The number of carbonyl (C=O) groups is 1. The van der Waals surface area contributed by atoms with Gasteiger partial charge in [0.05, 0.1) is 18.0 Å². The van der Waals surface area contributed by atoms with Crippen LogP contribution in [0.5, 0.6) is 0 Å². The van der Waals surface area contributed by atoms with Gasteiger partial charge < -0.3 is 15.7 Å². The first-order valence-electron chi connectivity index (χ1n) is 5.15. The van der Waals surface area contributed by atoms with Crippen LogP contribution in [-0.4, -0.2) is 40.6 Å². The molecular weight excluding hydrogens is 206 g/mol. The Balaban J connectivity index is 2.60. The highest BCUT2D eigenvalue weighted by molar-refractivity contribution is 5.92. The van der Waals surface area contributed by atoms with Gasteiger partial charge in [0.15, 0.2) is 0 Å². The van der Waals surface area contributed by atoms with Crippen LogP contribution in [0.4, 0.5) is 5.69 Å². The minimum atomic E-state index is -0.408. The number of aliphatic hydroxyl groups is 1. The van der Waals surface area contributed by atoms with Gasteiger partial charge in [-0.2, -0.15) is 0 Å². The number of nitrogens with two attached hydrogens (primary N) is 1. The summed E-state index contributed by atoms with van der Waals surface area (Å²) in [7, 11) is 1.68. The molecule has 0 spiro atoms. The maximum absolute atomic E-state index is 11.8. The molecule has 88 valence electrons. The summed E-state index contributed by atoms with van der Waals surface area (Å²) in [5.74, 6) is -0.166. The van der Waals surface area contributed by atoms with Gasteiger partial charge in [-0.25, -0.2) is 4.98 Å². The summed E-state index contributed by atoms with van der Waals surface area (Å²) in [6.07, 6.45) is 1.60. The molecule has 0 radical (unpaired) electrons. The van der Waals surface area contributed by atoms with Crippen molar-refractivity contribution in [3.05, 3.63) is 24.0 Å². The van der Waals surface area contributed by atoms with E-state index in [-0.39, 0.29) is 5.91 Å². The van der Waals surface area contributed by atoms with Crippen molar-refractivity contribution in [2.75, 3.05) is 19.3 Å². The molecule has 0 aliphatic carbocycles. The number of anilines is 1. The summed E-state index contributed by atoms with van der Waals surface area (Å²) < 4.78 is 0. The quantitative estimate of drug-likeness (QED) is 0.779. The number of hydrogen-bond donors (Lipinski definition) is 2. The zero-order valence-electron chi connectivity index (χ0n) is 9.55. The average molecular weight is 223 g/mol. The Labute approximate surface area is 94.9 Å². The molecule has 0 saturated carbocycles. The van der Waals surface area contributed by atoms with Crippen LogP contribution in [0.3, 0.4) is 0 Å². The second-order valence-electron chi connectivity index (χ2n) is 3.84. The predicted octanol–water partition coefficient (Wildman–Crippen LogP) is 0.507. The van der Waals surface area contributed by atoms with Gasteiger partial charge in [-0.05, 0) is 25.5 Å². The van der Waals surface area contributed by atoms with Crippen LogP contribution in [0.1, 0.15) is 23.8 Å². The number of pyridine rings is 1. The van der Waals surface area contributed by atoms with Crippen molar-refractivity contribution >= 4 is 11.6 Å². The van der Waals surface area contributed by atoms with E-state index >= 15 is 0 Å². The first-order valence-corrected chi connectivity index (χ1v) is 5.15. The molecule has 0 fully saturated rings. The van der Waals surface area contributed by atoms with E-state index in [1.807, 2.05) is 0 Å². The number of rotatable bonds is 4. The molecule has 0 bridgehead atoms. The molecule has 3 N–H and O–H groups in total. The molecule has 0 aliphatic rings. The Bertz CT molecular complexity index is 349. The molecule has 1 rings (SSSR count). The van der Waals surface area contributed by atoms with E-state index in [2.05, 4.69) is 4.98 Å². The second-order valence-corrected chi connectivity index (χ2v) is 3.84. The van der Waals surface area contributed by atoms with Crippen molar-refractivity contribution < 1.29 is 9.90 Å². The Hall–Kier alpha value is -1.62. The van der Waals surface area contributed by atoms with E-state index in [0.29, 0.717) is 24.3 Å². The van der Waals surface area contributed by atoms with Crippen molar-refractivity contribution in [3.8, 4) is 0 Å². The molecule has 5 heteroatoms. The average Bonchev–Trinajstić information content (AvgIpc) is 2.26. The fourth-order valence-electron chi connectivity index (χ4n) is 1.21. The van der Waals surface area contributed by atoms with Crippen LogP contribution in [0, 0.1) is 0 Å². The summed E-state index contributed by atoms with van der Waals surface area (Å²) in [5.41, 5.74) is 6.37. The molecule has 1 aromatic rings. The predicted molar refractivity (Wildman–Crippen MR) is 61.9 cm³/mol. The van der Waals surface area contributed by atoms with Crippen molar-refractivity contribution in [1.82, 2.24) is 9.88 Å². The maximum Gasteiger partial charge on any atom is 0.272 e. The molecule has 1 heterocycles. The number of amides is 1. The standard InChI is InChI=1S/C11H17N3O2/c1-8(15)5-6-14(2)11(16)10-4-3-9(12)7-13-10/h3-4,7-8,15H,5-6,12H2,1-2H3. The molecule has 16 heavy (non-hydrogen) atoms. The minimum absolute atomic E-state index is 0.166. The van der Waals surface area contributed by atoms with Crippen molar-refractivity contribution in [1.29, 1.82) is 0 Å². The first-order chi connectivity index (χ1) is 7.50. The van der Waals surface area contributed by atoms with Gasteiger partial charge in [0.1, 0.15) is 5.69 Å². The smallest absolute Gasteiger partial charge is 0.272 e. The molecule has 1 atom stereocenters. The summed E-state index contributed by atoms with van der Waals surface area (Å²) >= 11 is 0. The molecule has 0 saturated heterocycles. The lowest BCUT2D eigenvalue weighted by molar-refractivity contribution is 0.0763. The summed E-state index contributed by atoms with van der Waals surface area (Å²) in [4.78, 5) is 17.3. The highest BCUT2D eigenvalue weighted by Crippen LogP contribution is 2.05. The molecule has 1 aromatic heterocycles. The SMILES string of the molecule is CC(O)CCN(C)C(=O)c1ccc(N)cn1. The van der Waals surface area contributed by atoms with Gasteiger partial charge in [0.2, 0.25) is 0 Å². The van der Waals surface area contributed by atoms with Crippen LogP contribution >= 0.6 is 0 Å². The number of nitrogens with zero attached hydrogens (tertiary/aromatic N) is 2. The van der Waals surface area contributed by atoms with E-state index in [1.54, 1.807) is 26.1 Å². The molecule has 1 unspecified atom stereocenters. The fraction of sp³-hybridized carbons (Fsp3) is 0.455. The zero-order chi connectivity index (χ0) is 12.1. The van der Waals surface area contributed by atoms with Crippen molar-refractivity contribution in [2.24, 2.45) is 0 Å². The van der Waals surface area contributed by atoms with Crippen molar-refractivity contribution in [2.45, 2.75) is 19.4 Å². The zero-order valence-corrected chi connectivity index (χ0v) is 9.55. The monoisotopic (exact) mass is 223 g/mol. The number of aliphatic hydroxyl groups excluding tert-OH is 1. The first kappa shape index (κ1) is 12.4. The third-order valence-electron chi connectivity index (χ3n) is 2.23. The third kappa shape index (κ3) is 3.51. The fourth-order valence-corrected chi connectivity index (χ4v) is 1.21. The molecule has 1 amide bonds. The van der Waals surface area contributed by atoms with Crippen LogP contribution < -0.4 is 5.73 Å². The topological polar surface area (TPSA) is 79.5 Å². The largest absolute Gasteiger partial charge is 0.397 e. The van der Waals surface area contributed by atoms with Gasteiger partial charge >= 0.3 is 0 Å². The lowest BCUT2D eigenvalue weighted by Crippen LogP contribution is -2.30. The van der Waals surface area contributed by atoms with Gasteiger partial charge in [-0.3, -0.25) is 4.79 Å². The highest BCUT2D eigenvalue weighted by atomic mass is 16.3. The molecule has 5 nitrogen and oxygen atoms in total. The van der Waals surface area contributed by atoms with Gasteiger partial charge in [-0.1, -0.05) is 0 Å². The molecule has 0 aromatic carbocycles. The normalized spacial score (nSPS) is 12.2. The van der Waals surface area contributed by atoms with Crippen LogP contribution in [0.15, 0.2) is 18.3 Å². The number of hydrogen-bond acceptors (Lipinski definition) is 4.